The van der Waals surface area contributed by atoms with Crippen molar-refractivity contribution in [2.75, 3.05) is 26.2 Å². The van der Waals surface area contributed by atoms with E-state index in [9.17, 15) is 14.4 Å². The summed E-state index contributed by atoms with van der Waals surface area (Å²) in [7, 11) is 0. The molecule has 2 aliphatic heterocycles. The highest BCUT2D eigenvalue weighted by Crippen LogP contribution is 2.25. The number of rotatable bonds is 3. The summed E-state index contributed by atoms with van der Waals surface area (Å²) in [6.45, 7) is 7.97. The van der Waals surface area contributed by atoms with E-state index >= 15 is 0 Å². The summed E-state index contributed by atoms with van der Waals surface area (Å²) in [4.78, 5) is 43.8. The first-order valence-electron chi connectivity index (χ1n) is 8.34. The van der Waals surface area contributed by atoms with Crippen molar-refractivity contribution in [3.05, 3.63) is 22.4 Å². The number of carbonyl (C=O) groups excluding carboxylic acids is 3. The van der Waals surface area contributed by atoms with Gasteiger partial charge in [0.15, 0.2) is 0 Å². The van der Waals surface area contributed by atoms with Crippen LogP contribution in [0.4, 0.5) is 0 Å². The molecule has 0 aromatic carbocycles. The Kier molecular flexibility index (Phi) is 4.62. The van der Waals surface area contributed by atoms with Gasteiger partial charge >= 0.3 is 0 Å². The van der Waals surface area contributed by atoms with Gasteiger partial charge in [-0.2, -0.15) is 0 Å². The van der Waals surface area contributed by atoms with E-state index in [0.29, 0.717) is 30.4 Å². The van der Waals surface area contributed by atoms with E-state index in [-0.39, 0.29) is 24.3 Å². The molecule has 2 atom stereocenters. The molecule has 24 heavy (non-hydrogen) atoms. The minimum absolute atomic E-state index is 0.0424. The first-order chi connectivity index (χ1) is 11.4. The van der Waals surface area contributed by atoms with Crippen LogP contribution < -0.4 is 0 Å². The maximum atomic E-state index is 12.8. The first-order valence-corrected chi connectivity index (χ1v) is 9.22. The Balaban J connectivity index is 1.82. The average Bonchev–Trinajstić information content (AvgIpc) is 3.07. The van der Waals surface area contributed by atoms with Crippen LogP contribution in [0.25, 0.3) is 0 Å². The number of piperazine rings is 2. The fraction of sp³-hybridized carbons (Fsp3) is 0.588. The molecule has 1 aromatic heterocycles. The van der Waals surface area contributed by atoms with Gasteiger partial charge < -0.3 is 14.7 Å². The van der Waals surface area contributed by atoms with Crippen molar-refractivity contribution in [1.29, 1.82) is 0 Å². The number of hydrogen-bond donors (Lipinski definition) is 0. The molecule has 0 unspecified atom stereocenters. The van der Waals surface area contributed by atoms with Gasteiger partial charge in [-0.15, -0.1) is 11.3 Å². The summed E-state index contributed by atoms with van der Waals surface area (Å²) in [5.74, 6) is 0.0368. The number of nitrogens with zero attached hydrogens (tertiary/aromatic N) is 3. The van der Waals surface area contributed by atoms with E-state index in [1.807, 2.05) is 16.3 Å². The zero-order chi connectivity index (χ0) is 17.4. The van der Waals surface area contributed by atoms with Gasteiger partial charge in [-0.3, -0.25) is 14.4 Å². The number of amides is 3. The quantitative estimate of drug-likeness (QED) is 0.826. The molecule has 0 radical (unpaired) electrons. The Labute approximate surface area is 146 Å². The highest BCUT2D eigenvalue weighted by atomic mass is 32.1. The van der Waals surface area contributed by atoms with Crippen molar-refractivity contribution >= 4 is 29.1 Å². The van der Waals surface area contributed by atoms with Crippen molar-refractivity contribution in [2.45, 2.75) is 32.9 Å². The molecule has 2 saturated heterocycles. The maximum Gasteiger partial charge on any atom is 0.264 e. The molecular formula is C17H23N3O3S. The normalized spacial score (nSPS) is 24.6. The SMILES string of the molecule is CC(C)CN1CCN2C(=O)[C@H](C)N(C(=O)c3cccs3)C[C@H]2C1=O. The first kappa shape index (κ1) is 17.0. The van der Waals surface area contributed by atoms with E-state index in [0.717, 1.165) is 0 Å². The van der Waals surface area contributed by atoms with E-state index in [4.69, 9.17) is 0 Å². The summed E-state index contributed by atoms with van der Waals surface area (Å²) >= 11 is 1.36. The summed E-state index contributed by atoms with van der Waals surface area (Å²) in [5.41, 5.74) is 0. The van der Waals surface area contributed by atoms with Crippen molar-refractivity contribution in [2.24, 2.45) is 5.92 Å². The third-order valence-electron chi connectivity index (χ3n) is 4.64. The second-order valence-electron chi connectivity index (χ2n) is 6.84. The number of carbonyl (C=O) groups is 3. The van der Waals surface area contributed by atoms with Crippen LogP contribution in [-0.4, -0.2) is 70.7 Å². The zero-order valence-electron chi connectivity index (χ0n) is 14.3. The van der Waals surface area contributed by atoms with E-state index in [1.165, 1.54) is 11.3 Å². The third-order valence-corrected chi connectivity index (χ3v) is 5.50. The zero-order valence-corrected chi connectivity index (χ0v) is 15.1. The molecule has 130 valence electrons. The monoisotopic (exact) mass is 349 g/mol. The highest BCUT2D eigenvalue weighted by molar-refractivity contribution is 7.12. The number of fused-ring (bicyclic) bond motifs is 1. The molecule has 2 aliphatic rings. The van der Waals surface area contributed by atoms with Crippen LogP contribution in [0.3, 0.4) is 0 Å². The predicted octanol–water partition coefficient (Wildman–Crippen LogP) is 1.29. The Bertz CT molecular complexity index is 644. The van der Waals surface area contributed by atoms with Crippen LogP contribution in [-0.2, 0) is 9.59 Å². The number of hydrogen-bond acceptors (Lipinski definition) is 4. The van der Waals surface area contributed by atoms with Crippen molar-refractivity contribution in [3.63, 3.8) is 0 Å². The molecule has 3 amide bonds. The molecule has 0 spiro atoms. The molecule has 1 aromatic rings. The predicted molar refractivity (Wildman–Crippen MR) is 91.7 cm³/mol. The van der Waals surface area contributed by atoms with Gasteiger partial charge in [0.05, 0.1) is 11.4 Å². The van der Waals surface area contributed by atoms with Crippen molar-refractivity contribution < 1.29 is 14.4 Å². The molecule has 7 heteroatoms. The van der Waals surface area contributed by atoms with Gasteiger partial charge in [0.25, 0.3) is 5.91 Å². The van der Waals surface area contributed by atoms with Crippen LogP contribution in [0.1, 0.15) is 30.4 Å². The van der Waals surface area contributed by atoms with Crippen LogP contribution >= 0.6 is 11.3 Å². The Morgan fingerprint density at radius 1 is 1.29 bits per heavy atom. The smallest absolute Gasteiger partial charge is 0.264 e. The standard InChI is InChI=1S/C17H23N3O3S/c1-11(2)9-18-6-7-19-13(16(18)22)10-20(12(3)15(19)21)17(23)14-5-4-8-24-14/h4-5,8,11-13H,6-7,9-10H2,1-3H3/t12-,13-/m0/s1. The third kappa shape index (κ3) is 2.92. The van der Waals surface area contributed by atoms with E-state index < -0.39 is 12.1 Å². The fourth-order valence-electron chi connectivity index (χ4n) is 3.42. The second-order valence-corrected chi connectivity index (χ2v) is 7.78. The van der Waals surface area contributed by atoms with Gasteiger partial charge in [0.2, 0.25) is 11.8 Å². The lowest BCUT2D eigenvalue weighted by atomic mass is 10.0. The van der Waals surface area contributed by atoms with E-state index in [1.54, 1.807) is 22.8 Å². The average molecular weight is 349 g/mol. The van der Waals surface area contributed by atoms with Crippen LogP contribution in [0, 0.1) is 5.92 Å². The molecule has 3 rings (SSSR count). The van der Waals surface area contributed by atoms with Gasteiger partial charge in [0, 0.05) is 19.6 Å². The van der Waals surface area contributed by atoms with Crippen LogP contribution in [0.2, 0.25) is 0 Å². The van der Waals surface area contributed by atoms with Gasteiger partial charge in [-0.05, 0) is 24.3 Å². The van der Waals surface area contributed by atoms with Crippen molar-refractivity contribution in [3.8, 4) is 0 Å². The summed E-state index contributed by atoms with van der Waals surface area (Å²) in [6, 6.07) is 2.49. The molecule has 0 bridgehead atoms. The Morgan fingerprint density at radius 3 is 2.67 bits per heavy atom. The summed E-state index contributed by atoms with van der Waals surface area (Å²) < 4.78 is 0. The topological polar surface area (TPSA) is 60.9 Å². The minimum Gasteiger partial charge on any atom is -0.339 e. The van der Waals surface area contributed by atoms with Crippen LogP contribution in [0.5, 0.6) is 0 Å². The highest BCUT2D eigenvalue weighted by Gasteiger charge is 2.46. The Morgan fingerprint density at radius 2 is 2.04 bits per heavy atom. The lowest BCUT2D eigenvalue weighted by Gasteiger charge is -2.48. The maximum absolute atomic E-state index is 12.8. The molecule has 6 nitrogen and oxygen atoms in total. The molecular weight excluding hydrogens is 326 g/mol. The molecule has 0 saturated carbocycles. The van der Waals surface area contributed by atoms with Gasteiger partial charge in [-0.1, -0.05) is 19.9 Å². The molecule has 0 N–H and O–H groups in total. The molecule has 3 heterocycles. The molecule has 0 aliphatic carbocycles. The lowest BCUT2D eigenvalue weighted by molar-refractivity contribution is -0.160. The second kappa shape index (κ2) is 6.55. The van der Waals surface area contributed by atoms with Crippen LogP contribution in [0.15, 0.2) is 17.5 Å². The summed E-state index contributed by atoms with van der Waals surface area (Å²) in [6.07, 6.45) is 0. The fourth-order valence-corrected chi connectivity index (χ4v) is 4.10. The summed E-state index contributed by atoms with van der Waals surface area (Å²) in [5, 5.41) is 1.84. The molecule has 2 fully saturated rings. The van der Waals surface area contributed by atoms with Crippen molar-refractivity contribution in [1.82, 2.24) is 14.7 Å². The minimum atomic E-state index is -0.551. The Hall–Kier alpha value is -1.89. The largest absolute Gasteiger partial charge is 0.339 e. The van der Waals surface area contributed by atoms with Gasteiger partial charge in [-0.25, -0.2) is 0 Å². The number of thiophene rings is 1. The lowest BCUT2D eigenvalue weighted by Crippen LogP contribution is -2.69. The van der Waals surface area contributed by atoms with E-state index in [2.05, 4.69) is 13.8 Å². The van der Waals surface area contributed by atoms with Gasteiger partial charge in [0.1, 0.15) is 12.1 Å².